The molecule has 0 atom stereocenters. The van der Waals surface area contributed by atoms with E-state index in [0.717, 1.165) is 76.1 Å². The maximum Gasteiger partial charge on any atom is 0.0594 e. The summed E-state index contributed by atoms with van der Waals surface area (Å²) in [5.41, 5.74) is 0. The first-order valence-corrected chi connectivity index (χ1v) is 14.5. The van der Waals surface area contributed by atoms with Crippen molar-refractivity contribution >= 4 is 207 Å². The van der Waals surface area contributed by atoms with Crippen LogP contribution in [0.3, 0.4) is 0 Å². The molecule has 0 unspecified atom stereocenters. The first-order valence-electron chi connectivity index (χ1n) is 13.0. The van der Waals surface area contributed by atoms with E-state index >= 15 is 0 Å². The number of hydrogen-bond donors (Lipinski definition) is 0. The van der Waals surface area contributed by atoms with Crippen LogP contribution in [-0.2, 0) is 0 Å². The van der Waals surface area contributed by atoms with Crippen molar-refractivity contribution in [3.05, 3.63) is 0 Å². The van der Waals surface area contributed by atoms with Gasteiger partial charge in [-0.3, -0.25) is 7.56 Å². The highest BCUT2D eigenvalue weighted by Gasteiger charge is 2.51. The van der Waals surface area contributed by atoms with Gasteiger partial charge in [-0.05, 0) is 0 Å². The zero-order chi connectivity index (χ0) is 23.2. The summed E-state index contributed by atoms with van der Waals surface area (Å²) in [5, 5.41) is 0. The maximum atomic E-state index is 2.52. The minimum absolute atomic E-state index is 0.0907. The van der Waals surface area contributed by atoms with Gasteiger partial charge < -0.3 is 0 Å². The summed E-state index contributed by atoms with van der Waals surface area (Å²) in [5.74, 6) is 0. The lowest BCUT2D eigenvalue weighted by molar-refractivity contribution is 3.38. The Morgan fingerprint density at radius 1 is 0.414 bits per heavy atom. The summed E-state index contributed by atoms with van der Waals surface area (Å²) in [7, 11) is 38.9. The number of rotatable bonds is 13. The largest absolute Gasteiger partial charge is 0.253 e. The van der Waals surface area contributed by atoms with E-state index in [9.17, 15) is 0 Å². The molecule has 0 radical (unpaired) electrons. The van der Waals surface area contributed by atoms with Crippen molar-refractivity contribution in [1.82, 2.24) is 0 Å². The van der Waals surface area contributed by atoms with E-state index in [4.69, 9.17) is 0 Å². The molecule has 0 nitrogen and oxygen atoms in total. The summed E-state index contributed by atoms with van der Waals surface area (Å²) >= 11 is 0. The predicted molar refractivity (Wildman–Crippen MR) is 211 cm³/mol. The van der Waals surface area contributed by atoms with Crippen LogP contribution in [0.5, 0.6) is 0 Å². The lowest BCUT2D eigenvalue weighted by atomic mass is 8.55. The standard InChI is InChI=1S/B28H31P/c1-16-24(17(2)3)28(25(18(4)5)19(6)7)29(26(20(8)9)21(10)11)27(22(12)13)23(14)15/h16H,1-15H2. The van der Waals surface area contributed by atoms with Gasteiger partial charge in [0, 0.05) is 64.5 Å². The molecule has 0 amide bonds. The molecule has 0 aromatic heterocycles. The Morgan fingerprint density at radius 3 is 0.897 bits per heavy atom. The molecule has 0 N–H and O–H groups in total. The quantitative estimate of drug-likeness (QED) is 0.225. The predicted octanol–water partition coefficient (Wildman–Crippen LogP) is -18.1. The van der Waals surface area contributed by atoms with E-state index in [2.05, 4.69) is 116 Å². The average molecular weight is 365 g/mol. The number of hydrogen-bond acceptors (Lipinski definition) is 0. The molecule has 0 heterocycles. The van der Waals surface area contributed by atoms with Crippen LogP contribution in [0, 0.1) is 0 Å². The van der Waals surface area contributed by atoms with E-state index in [1.807, 2.05) is 0 Å². The highest BCUT2D eigenvalue weighted by Crippen LogP contribution is 2.47. The minimum Gasteiger partial charge on any atom is -0.253 e. The van der Waals surface area contributed by atoms with E-state index in [-0.39, 0.29) is 7.56 Å². The molecule has 0 saturated carbocycles. The second kappa shape index (κ2) is 14.5. The van der Waals surface area contributed by atoms with Gasteiger partial charge in [0.05, 0.1) is 135 Å². The van der Waals surface area contributed by atoms with E-state index in [1.165, 1.54) is 7.06 Å². The Balaban J connectivity index is 6.97. The van der Waals surface area contributed by atoms with Gasteiger partial charge in [-0.2, -0.15) is 0 Å². The third-order valence-electron chi connectivity index (χ3n) is 7.47. The zero-order valence-electron chi connectivity index (χ0n) is 23.1. The average Bonchev–Trinajstić information content (AvgIpc) is 2.51. The molecule has 29 heteroatoms. The van der Waals surface area contributed by atoms with Crippen molar-refractivity contribution in [3.63, 3.8) is 0 Å². The van der Waals surface area contributed by atoms with Gasteiger partial charge >= 0.3 is 0 Å². The second-order valence-electron chi connectivity index (χ2n) is 12.3. The minimum atomic E-state index is -0.0907. The van der Waals surface area contributed by atoms with Crippen LogP contribution in [0.4, 0.5) is 0 Å². The highest BCUT2D eigenvalue weighted by atomic mass is 31.1. The Hall–Kier alpha value is 2.25. The fourth-order valence-electron chi connectivity index (χ4n) is 6.88. The van der Waals surface area contributed by atoms with Crippen LogP contribution >= 0.6 is 7.56 Å². The Kier molecular flexibility index (Phi) is 15.6. The molecule has 0 rings (SSSR count). The van der Waals surface area contributed by atoms with Gasteiger partial charge in [0.25, 0.3) is 0 Å². The zero-order valence-corrected chi connectivity index (χ0v) is 24.0. The lowest BCUT2D eigenvalue weighted by Crippen LogP contribution is -2.75. The molecule has 0 aliphatic carbocycles. The maximum absolute atomic E-state index is 2.52. The first-order chi connectivity index (χ1) is 13.2. The molecular formula is H31B28P. The SMILES string of the molecule is BBB(B(B)B)B(B(B(B)B)B(B)B)P(B(B(B)B)B(B)B)B(B(B)B)B(B)B. The first kappa shape index (κ1) is 31.2. The van der Waals surface area contributed by atoms with E-state index in [1.54, 1.807) is 0 Å². The van der Waals surface area contributed by atoms with Crippen molar-refractivity contribution in [2.24, 2.45) is 0 Å². The molecule has 0 aromatic carbocycles. The van der Waals surface area contributed by atoms with Crippen LogP contribution in [0.2, 0.25) is 0 Å². The fraction of sp³-hybridized carbons (Fsp3) is 0. The van der Waals surface area contributed by atoms with Crippen LogP contribution < -0.4 is 0 Å². The van der Waals surface area contributed by atoms with E-state index < -0.39 is 0 Å². The van der Waals surface area contributed by atoms with E-state index in [0.29, 0.717) is 0 Å². The molecule has 29 heavy (non-hydrogen) atoms. The lowest BCUT2D eigenvalue weighted by Gasteiger charge is -2.51. The molecule has 120 valence electrons. The smallest absolute Gasteiger partial charge is 0.0594 e. The summed E-state index contributed by atoms with van der Waals surface area (Å²) < 4.78 is 0. The summed E-state index contributed by atoms with van der Waals surface area (Å²) in [6.07, 6.45) is 9.65. The van der Waals surface area contributed by atoms with Gasteiger partial charge in [-0.15, -0.1) is 0 Å². The Bertz CT molecular complexity index is 374. The molecule has 0 spiro atoms. The molecule has 0 aromatic rings. The summed E-state index contributed by atoms with van der Waals surface area (Å²) in [4.78, 5) is 0. The van der Waals surface area contributed by atoms with Crippen molar-refractivity contribution < 1.29 is 0 Å². The third kappa shape index (κ3) is 8.84. The fourth-order valence-corrected chi connectivity index (χ4v) is 12.9. The van der Waals surface area contributed by atoms with Crippen LogP contribution in [0.25, 0.3) is 0 Å². The van der Waals surface area contributed by atoms with Crippen molar-refractivity contribution in [3.8, 4) is 0 Å². The Morgan fingerprint density at radius 2 is 0.724 bits per heavy atom. The molecule has 0 fully saturated rings. The monoisotopic (exact) mass is 370 g/mol. The second-order valence-corrected chi connectivity index (χ2v) is 15.0. The topological polar surface area (TPSA) is 0 Å². The molecule has 0 saturated heterocycles. The van der Waals surface area contributed by atoms with Gasteiger partial charge in [-0.25, -0.2) is 0 Å². The van der Waals surface area contributed by atoms with Crippen molar-refractivity contribution in [2.45, 2.75) is 0 Å². The van der Waals surface area contributed by atoms with Crippen LogP contribution in [0.1, 0.15) is 0 Å². The van der Waals surface area contributed by atoms with Crippen LogP contribution in [0.15, 0.2) is 0 Å². The van der Waals surface area contributed by atoms with Gasteiger partial charge in [-0.1, -0.05) is 0 Å². The molecule has 0 aliphatic heterocycles. The Labute approximate surface area is 205 Å². The van der Waals surface area contributed by atoms with Crippen LogP contribution in [-0.4, -0.2) is 199 Å². The molecular weight excluding hydrogens is 334 g/mol. The molecule has 0 aliphatic rings. The van der Waals surface area contributed by atoms with Gasteiger partial charge in [0.1, 0.15) is 0 Å². The molecule has 0 bridgehead atoms. The van der Waals surface area contributed by atoms with Crippen molar-refractivity contribution in [1.29, 1.82) is 0 Å². The summed E-state index contributed by atoms with van der Waals surface area (Å²) in [6, 6.07) is 0. The third-order valence-corrected chi connectivity index (χ3v) is 12.6. The normalized spacial score (nSPS) is 9.69. The highest BCUT2D eigenvalue weighted by molar-refractivity contribution is 8.58. The van der Waals surface area contributed by atoms with Gasteiger partial charge in [0.15, 0.2) is 0 Å². The van der Waals surface area contributed by atoms with Crippen molar-refractivity contribution in [2.75, 3.05) is 0 Å². The van der Waals surface area contributed by atoms with Gasteiger partial charge in [0.2, 0.25) is 0 Å². The summed E-state index contributed by atoms with van der Waals surface area (Å²) in [6.45, 7) is 0.